The number of oxime groups is 1. The molecule has 0 amide bonds. The van der Waals surface area contributed by atoms with E-state index in [1.54, 1.807) is 25.1 Å². The zero-order valence-corrected chi connectivity index (χ0v) is 13.6. The van der Waals surface area contributed by atoms with Crippen molar-refractivity contribution in [2.45, 2.75) is 13.8 Å². The van der Waals surface area contributed by atoms with Crippen LogP contribution in [0.5, 0.6) is 0 Å². The minimum absolute atomic E-state index is 0.144. The van der Waals surface area contributed by atoms with Crippen LogP contribution in [0.1, 0.15) is 24.5 Å². The number of nitrogens with zero attached hydrogens (tertiary/aromatic N) is 3. The number of anilines is 1. The summed E-state index contributed by atoms with van der Waals surface area (Å²) in [7, 11) is 0. The van der Waals surface area contributed by atoms with E-state index in [0.29, 0.717) is 16.4 Å². The minimum Gasteiger partial charge on any atom is -0.442 e. The number of carbonyl (C=O) groups excluding carboxylic acids is 2. The first kappa shape index (κ1) is 17.4. The lowest BCUT2D eigenvalue weighted by atomic mass is 10.3. The number of hydrazone groups is 1. The van der Waals surface area contributed by atoms with Gasteiger partial charge >= 0.3 is 5.97 Å². The fourth-order valence-corrected chi connectivity index (χ4v) is 1.71. The molecule has 3 rings (SSSR count). The third-order valence-electron chi connectivity index (χ3n) is 2.70. The Morgan fingerprint density at radius 1 is 1.33 bits per heavy atom. The van der Waals surface area contributed by atoms with Gasteiger partial charge in [0.15, 0.2) is 5.71 Å². The molecule has 0 saturated carbocycles. The maximum atomic E-state index is 11.2. The number of carbonyl (C=O) groups is 2. The van der Waals surface area contributed by atoms with E-state index in [0.717, 1.165) is 0 Å². The zero-order chi connectivity index (χ0) is 17.5. The van der Waals surface area contributed by atoms with Crippen LogP contribution in [0.4, 0.5) is 5.69 Å². The van der Waals surface area contributed by atoms with Crippen LogP contribution in [0.2, 0.25) is 5.02 Å². The molecule has 1 aromatic carbocycles. The van der Waals surface area contributed by atoms with Crippen molar-refractivity contribution in [1.29, 1.82) is 0 Å². The second-order valence-electron chi connectivity index (χ2n) is 4.50. The van der Waals surface area contributed by atoms with Crippen molar-refractivity contribution in [3.8, 4) is 0 Å². The van der Waals surface area contributed by atoms with Crippen molar-refractivity contribution >= 4 is 40.5 Å². The van der Waals surface area contributed by atoms with Gasteiger partial charge in [-0.1, -0.05) is 28.9 Å². The standard InChI is InChI=1S/C10H8ClN3O2.C5H5NO2/c1-6-9(10(15)16-14-6)13-12-8-5-3-2-4-7(8)11;1-4(7)5-6-2-3-8-5/h2-5,12H,1H3;2-3H,1H3/b13-9+;. The summed E-state index contributed by atoms with van der Waals surface area (Å²) in [5.74, 6) is -0.544. The summed E-state index contributed by atoms with van der Waals surface area (Å²) in [4.78, 5) is 29.5. The van der Waals surface area contributed by atoms with Gasteiger partial charge in [-0.3, -0.25) is 10.2 Å². The summed E-state index contributed by atoms with van der Waals surface area (Å²) in [5.41, 5.74) is 3.89. The van der Waals surface area contributed by atoms with Crippen LogP contribution >= 0.6 is 11.6 Å². The summed E-state index contributed by atoms with van der Waals surface area (Å²) in [6, 6.07) is 7.08. The number of nitrogens with one attached hydrogen (secondary N) is 1. The molecule has 1 aromatic heterocycles. The number of oxazole rings is 1. The van der Waals surface area contributed by atoms with Gasteiger partial charge in [0.1, 0.15) is 12.0 Å². The fourth-order valence-electron chi connectivity index (χ4n) is 1.54. The van der Waals surface area contributed by atoms with E-state index >= 15 is 0 Å². The van der Waals surface area contributed by atoms with E-state index in [2.05, 4.69) is 29.9 Å². The highest BCUT2D eigenvalue weighted by Crippen LogP contribution is 2.20. The van der Waals surface area contributed by atoms with E-state index in [1.807, 2.05) is 6.07 Å². The third-order valence-corrected chi connectivity index (χ3v) is 3.03. The maximum absolute atomic E-state index is 11.2. The van der Waals surface area contributed by atoms with Crippen molar-refractivity contribution in [1.82, 2.24) is 4.98 Å². The lowest BCUT2D eigenvalue weighted by Crippen LogP contribution is -2.17. The minimum atomic E-state index is -0.572. The molecular formula is C15H13ClN4O4. The smallest absolute Gasteiger partial charge is 0.387 e. The molecule has 124 valence electrons. The molecule has 1 aliphatic rings. The summed E-state index contributed by atoms with van der Waals surface area (Å²) >= 11 is 5.90. The molecule has 0 fully saturated rings. The highest BCUT2D eigenvalue weighted by molar-refractivity contribution is 6.66. The Morgan fingerprint density at radius 2 is 2.08 bits per heavy atom. The van der Waals surface area contributed by atoms with Crippen LogP contribution in [-0.2, 0) is 9.63 Å². The van der Waals surface area contributed by atoms with Gasteiger partial charge in [0, 0.05) is 6.92 Å². The van der Waals surface area contributed by atoms with Crippen molar-refractivity contribution in [2.24, 2.45) is 10.3 Å². The number of hydrogen-bond acceptors (Lipinski definition) is 8. The summed E-state index contributed by atoms with van der Waals surface area (Å²) in [6.07, 6.45) is 2.81. The molecule has 9 heteroatoms. The van der Waals surface area contributed by atoms with Gasteiger partial charge < -0.3 is 9.25 Å². The molecule has 2 aromatic rings. The molecule has 0 spiro atoms. The first-order valence-electron chi connectivity index (χ1n) is 6.74. The number of Topliss-reactive ketones (excluding diaryl/α,β-unsaturated/α-hetero) is 1. The lowest BCUT2D eigenvalue weighted by molar-refractivity contribution is -0.134. The van der Waals surface area contributed by atoms with Gasteiger partial charge in [-0.2, -0.15) is 5.10 Å². The topological polar surface area (TPSA) is 106 Å². The summed E-state index contributed by atoms with van der Waals surface area (Å²) in [6.45, 7) is 3.05. The quantitative estimate of drug-likeness (QED) is 0.519. The summed E-state index contributed by atoms with van der Waals surface area (Å²) in [5, 5.41) is 7.91. The Morgan fingerprint density at radius 3 is 2.58 bits per heavy atom. The van der Waals surface area contributed by atoms with Crippen molar-refractivity contribution < 1.29 is 18.8 Å². The Hall–Kier alpha value is -3.00. The Balaban J connectivity index is 0.000000219. The van der Waals surface area contributed by atoms with Crippen LogP contribution in [0.15, 0.2) is 51.4 Å². The Labute approximate surface area is 142 Å². The van der Waals surface area contributed by atoms with Crippen LogP contribution in [0.25, 0.3) is 0 Å². The van der Waals surface area contributed by atoms with Crippen molar-refractivity contribution in [3.63, 3.8) is 0 Å². The van der Waals surface area contributed by atoms with Gasteiger partial charge in [0.25, 0.3) is 5.89 Å². The number of hydrogen-bond donors (Lipinski definition) is 1. The van der Waals surface area contributed by atoms with E-state index in [4.69, 9.17) is 11.6 Å². The average Bonchev–Trinajstić information content (AvgIpc) is 3.19. The number of ketones is 1. The lowest BCUT2D eigenvalue weighted by Gasteiger charge is -2.02. The van der Waals surface area contributed by atoms with Gasteiger partial charge in [-0.05, 0) is 19.1 Å². The van der Waals surface area contributed by atoms with E-state index < -0.39 is 5.97 Å². The number of rotatable bonds is 3. The molecule has 24 heavy (non-hydrogen) atoms. The van der Waals surface area contributed by atoms with E-state index in [1.165, 1.54) is 19.4 Å². The second kappa shape index (κ2) is 8.02. The first-order valence-corrected chi connectivity index (χ1v) is 7.12. The van der Waals surface area contributed by atoms with Gasteiger partial charge in [-0.25, -0.2) is 9.78 Å². The molecule has 0 atom stereocenters. The normalized spacial score (nSPS) is 14.5. The van der Waals surface area contributed by atoms with Crippen LogP contribution in [-0.4, -0.2) is 28.2 Å². The van der Waals surface area contributed by atoms with Crippen molar-refractivity contribution in [3.05, 3.63) is 47.6 Å². The fraction of sp³-hybridized carbons (Fsp3) is 0.133. The maximum Gasteiger partial charge on any atom is 0.387 e. The summed E-state index contributed by atoms with van der Waals surface area (Å²) < 4.78 is 4.63. The van der Waals surface area contributed by atoms with Gasteiger partial charge in [0.05, 0.1) is 16.9 Å². The van der Waals surface area contributed by atoms with Crippen LogP contribution in [0, 0.1) is 0 Å². The molecule has 0 aliphatic carbocycles. The molecule has 2 heterocycles. The molecule has 0 saturated heterocycles. The van der Waals surface area contributed by atoms with Gasteiger partial charge in [0.2, 0.25) is 5.78 Å². The molecule has 1 aliphatic heterocycles. The molecule has 1 N–H and O–H groups in total. The number of aromatic nitrogens is 1. The zero-order valence-electron chi connectivity index (χ0n) is 12.8. The van der Waals surface area contributed by atoms with E-state index in [9.17, 15) is 9.59 Å². The first-order chi connectivity index (χ1) is 11.5. The molecule has 0 unspecified atom stereocenters. The SMILES string of the molecule is CC(=O)c1ncco1.CC1=NOC(=O)/C1=N/Nc1ccccc1Cl. The molecular weight excluding hydrogens is 336 g/mol. The number of halogens is 1. The molecule has 8 nitrogen and oxygen atoms in total. The monoisotopic (exact) mass is 348 g/mol. The van der Waals surface area contributed by atoms with Gasteiger partial charge in [-0.15, -0.1) is 0 Å². The molecule has 0 bridgehead atoms. The predicted molar refractivity (Wildman–Crippen MR) is 88.2 cm³/mol. The third kappa shape index (κ3) is 4.50. The Kier molecular flexibility index (Phi) is 5.80. The average molecular weight is 349 g/mol. The number of benzene rings is 1. The highest BCUT2D eigenvalue weighted by Gasteiger charge is 2.24. The predicted octanol–water partition coefficient (Wildman–Crippen LogP) is 2.92. The van der Waals surface area contributed by atoms with E-state index in [-0.39, 0.29) is 17.4 Å². The Bertz CT molecular complexity index is 800. The number of para-hydroxylation sites is 1. The van der Waals surface area contributed by atoms with Crippen LogP contribution in [0.3, 0.4) is 0 Å². The highest BCUT2D eigenvalue weighted by atomic mass is 35.5. The van der Waals surface area contributed by atoms with Crippen molar-refractivity contribution in [2.75, 3.05) is 5.43 Å². The largest absolute Gasteiger partial charge is 0.442 e. The van der Waals surface area contributed by atoms with Crippen LogP contribution < -0.4 is 5.43 Å². The second-order valence-corrected chi connectivity index (χ2v) is 4.91. The molecule has 0 radical (unpaired) electrons.